The number of aromatic nitrogens is 2. The first-order valence-corrected chi connectivity index (χ1v) is 6.52. The zero-order valence-corrected chi connectivity index (χ0v) is 11.8. The third-order valence-electron chi connectivity index (χ3n) is 3.35. The van der Waals surface area contributed by atoms with Gasteiger partial charge in [0.2, 0.25) is 0 Å². The molecule has 0 spiro atoms. The summed E-state index contributed by atoms with van der Waals surface area (Å²) in [5.41, 5.74) is 7.27. The number of hydrogen-bond acceptors (Lipinski definition) is 10. The molecule has 2 unspecified atom stereocenters. The summed E-state index contributed by atoms with van der Waals surface area (Å²) in [5, 5.41) is 29.6. The topological polar surface area (TPSA) is 187 Å². The van der Waals surface area contributed by atoms with Crippen molar-refractivity contribution in [3.05, 3.63) is 22.7 Å². The lowest BCUT2D eigenvalue weighted by Gasteiger charge is -2.26. The molecule has 0 aromatic carbocycles. The molecule has 1 aliphatic heterocycles. The minimum atomic E-state index is -2.23. The minimum Gasteiger partial charge on any atom is -0.462 e. The summed E-state index contributed by atoms with van der Waals surface area (Å²) in [6, 6.07) is 2.88. The van der Waals surface area contributed by atoms with E-state index in [2.05, 4.69) is 4.98 Å². The Bertz CT molecular complexity index is 700. The molecule has 11 nitrogen and oxygen atoms in total. The summed E-state index contributed by atoms with van der Waals surface area (Å²) in [4.78, 5) is 26.4. The van der Waals surface area contributed by atoms with E-state index >= 15 is 0 Å². The molecule has 0 radical (unpaired) electrons. The Morgan fingerprint density at radius 2 is 2.30 bits per heavy atom. The van der Waals surface area contributed by atoms with Crippen molar-refractivity contribution in [2.24, 2.45) is 5.73 Å². The van der Waals surface area contributed by atoms with Crippen molar-refractivity contribution in [3.63, 3.8) is 0 Å². The van der Waals surface area contributed by atoms with Gasteiger partial charge in [-0.1, -0.05) is 0 Å². The molecule has 0 bridgehead atoms. The van der Waals surface area contributed by atoms with Gasteiger partial charge in [-0.2, -0.15) is 10.2 Å². The Morgan fingerprint density at radius 3 is 2.87 bits per heavy atom. The van der Waals surface area contributed by atoms with Crippen molar-refractivity contribution in [3.8, 4) is 6.07 Å². The van der Waals surface area contributed by atoms with E-state index in [1.54, 1.807) is 6.07 Å². The average Bonchev–Trinajstić information content (AvgIpc) is 2.78. The smallest absolute Gasteiger partial charge is 0.352 e. The van der Waals surface area contributed by atoms with Crippen LogP contribution in [0.15, 0.2) is 17.1 Å². The largest absolute Gasteiger partial charge is 0.462 e. The minimum absolute atomic E-state index is 0.0826. The van der Waals surface area contributed by atoms with Crippen LogP contribution in [0.3, 0.4) is 0 Å². The van der Waals surface area contributed by atoms with Crippen molar-refractivity contribution in [2.75, 3.05) is 18.9 Å². The number of ether oxygens (including phenoxy) is 2. The molecule has 11 heteroatoms. The lowest BCUT2D eigenvalue weighted by atomic mass is 10.0. The third-order valence-corrected chi connectivity index (χ3v) is 3.35. The summed E-state index contributed by atoms with van der Waals surface area (Å²) in [5.74, 6) is -0.836. The summed E-state index contributed by atoms with van der Waals surface area (Å²) >= 11 is 0. The van der Waals surface area contributed by atoms with Gasteiger partial charge in [0.15, 0.2) is 0 Å². The van der Waals surface area contributed by atoms with Crippen LogP contribution in [-0.4, -0.2) is 57.2 Å². The monoisotopic (exact) mass is 325 g/mol. The number of nitrogen functional groups attached to an aromatic ring is 1. The molecule has 1 aromatic heterocycles. The first kappa shape index (κ1) is 16.8. The van der Waals surface area contributed by atoms with Gasteiger partial charge in [-0.05, 0) is 6.07 Å². The number of anilines is 1. The highest BCUT2D eigenvalue weighted by molar-refractivity contribution is 5.71. The van der Waals surface area contributed by atoms with Crippen LogP contribution in [0.1, 0.15) is 0 Å². The van der Waals surface area contributed by atoms with Gasteiger partial charge in [-0.3, -0.25) is 9.36 Å². The Labute approximate surface area is 129 Å². The summed E-state index contributed by atoms with van der Waals surface area (Å²) in [7, 11) is 0. The highest BCUT2D eigenvalue weighted by Crippen LogP contribution is 2.34. The molecule has 1 aliphatic rings. The van der Waals surface area contributed by atoms with E-state index in [0.29, 0.717) is 4.57 Å². The Hall–Kier alpha value is -2.52. The van der Waals surface area contributed by atoms with Gasteiger partial charge in [0.05, 0.1) is 6.54 Å². The van der Waals surface area contributed by atoms with E-state index in [-0.39, 0.29) is 12.4 Å². The lowest BCUT2D eigenvalue weighted by molar-refractivity contribution is -0.152. The predicted molar refractivity (Wildman–Crippen MR) is 73.4 cm³/mol. The molecule has 2 rings (SSSR count). The predicted octanol–water partition coefficient (Wildman–Crippen LogP) is -3.38. The zero-order chi connectivity index (χ0) is 17.2. The molecule has 6 N–H and O–H groups in total. The van der Waals surface area contributed by atoms with E-state index in [1.165, 1.54) is 6.07 Å². The van der Waals surface area contributed by atoms with Crippen LogP contribution in [0, 0.1) is 11.3 Å². The second-order valence-corrected chi connectivity index (χ2v) is 4.79. The van der Waals surface area contributed by atoms with Crippen LogP contribution in [0.5, 0.6) is 0 Å². The number of nitriles is 1. The van der Waals surface area contributed by atoms with Gasteiger partial charge >= 0.3 is 11.7 Å². The highest BCUT2D eigenvalue weighted by atomic mass is 16.6. The number of carbonyl (C=O) groups excluding carboxylic acids is 1. The number of aliphatic hydroxyl groups is 2. The Balaban J connectivity index is 2.34. The van der Waals surface area contributed by atoms with Gasteiger partial charge in [0.1, 0.15) is 36.8 Å². The van der Waals surface area contributed by atoms with Crippen molar-refractivity contribution in [2.45, 2.75) is 24.0 Å². The van der Waals surface area contributed by atoms with Gasteiger partial charge in [-0.15, -0.1) is 0 Å². The van der Waals surface area contributed by atoms with Crippen LogP contribution >= 0.6 is 0 Å². The molecule has 0 aliphatic carbocycles. The van der Waals surface area contributed by atoms with Gasteiger partial charge in [0.25, 0.3) is 5.72 Å². The van der Waals surface area contributed by atoms with E-state index in [9.17, 15) is 25.1 Å². The van der Waals surface area contributed by atoms with Crippen LogP contribution in [-0.2, 0) is 20.0 Å². The molecule has 124 valence electrons. The van der Waals surface area contributed by atoms with Crippen molar-refractivity contribution in [1.82, 2.24) is 9.55 Å². The van der Waals surface area contributed by atoms with Gasteiger partial charge in [0, 0.05) is 6.20 Å². The Kier molecular flexibility index (Phi) is 4.62. The first-order chi connectivity index (χ1) is 10.9. The Morgan fingerprint density at radius 1 is 1.61 bits per heavy atom. The fourth-order valence-corrected chi connectivity index (χ4v) is 2.19. The van der Waals surface area contributed by atoms with Crippen LogP contribution < -0.4 is 17.2 Å². The van der Waals surface area contributed by atoms with Crippen LogP contribution in [0.25, 0.3) is 0 Å². The maximum atomic E-state index is 11.9. The number of rotatable bonds is 4. The number of hydrogen-bond donors (Lipinski definition) is 4. The van der Waals surface area contributed by atoms with Crippen molar-refractivity contribution in [1.29, 1.82) is 5.26 Å². The molecule has 23 heavy (non-hydrogen) atoms. The summed E-state index contributed by atoms with van der Waals surface area (Å²) < 4.78 is 10.8. The second kappa shape index (κ2) is 6.31. The van der Waals surface area contributed by atoms with Crippen LogP contribution in [0.2, 0.25) is 0 Å². The quantitative estimate of drug-likeness (QED) is 0.407. The standard InChI is InChI=1S/C12H15N5O6/c13-3-8(18)22-4-6-9(19)10(20)12(5-14,23-6)17-2-1-7(15)16-11(17)21/h1-2,6,9-10,19-20H,3-4,13H2,(H2,15,16,21)/t6-,9?,10?,12-/m1/s1. The molecular weight excluding hydrogens is 310 g/mol. The lowest BCUT2D eigenvalue weighted by Crippen LogP contribution is -2.49. The normalized spacial score (nSPS) is 29.9. The number of nitrogens with two attached hydrogens (primary N) is 2. The van der Waals surface area contributed by atoms with Gasteiger partial charge < -0.3 is 31.2 Å². The van der Waals surface area contributed by atoms with E-state index < -0.39 is 42.3 Å². The molecule has 1 aromatic rings. The SMILES string of the molecule is N#C[C@@]1(n2ccc(N)nc2=O)O[C@H](COC(=O)CN)C(O)C1O. The van der Waals surface area contributed by atoms with E-state index in [0.717, 1.165) is 6.20 Å². The van der Waals surface area contributed by atoms with Gasteiger partial charge in [-0.25, -0.2) is 4.79 Å². The van der Waals surface area contributed by atoms with E-state index in [1.807, 2.05) is 0 Å². The maximum Gasteiger partial charge on any atom is 0.352 e. The number of carbonyl (C=O) groups is 1. The van der Waals surface area contributed by atoms with Crippen molar-refractivity contribution < 1.29 is 24.5 Å². The fraction of sp³-hybridized carbons (Fsp3) is 0.500. The molecule has 0 saturated carbocycles. The first-order valence-electron chi connectivity index (χ1n) is 6.52. The fourth-order valence-electron chi connectivity index (χ4n) is 2.19. The molecule has 4 atom stereocenters. The molecule has 0 amide bonds. The number of esters is 1. The number of aliphatic hydroxyl groups excluding tert-OH is 2. The molecule has 2 heterocycles. The highest BCUT2D eigenvalue weighted by Gasteiger charge is 2.57. The van der Waals surface area contributed by atoms with E-state index in [4.69, 9.17) is 20.9 Å². The summed E-state index contributed by atoms with van der Waals surface area (Å²) in [6.45, 7) is -0.828. The summed E-state index contributed by atoms with van der Waals surface area (Å²) in [6.07, 6.45) is -3.48. The third kappa shape index (κ3) is 2.88. The zero-order valence-electron chi connectivity index (χ0n) is 11.8. The van der Waals surface area contributed by atoms with Crippen molar-refractivity contribution >= 4 is 11.8 Å². The molecular formula is C12H15N5O6. The number of nitrogens with zero attached hydrogens (tertiary/aromatic N) is 3. The second-order valence-electron chi connectivity index (χ2n) is 4.79. The maximum absolute atomic E-state index is 11.9. The van der Waals surface area contributed by atoms with Crippen LogP contribution in [0.4, 0.5) is 5.82 Å². The molecule has 1 saturated heterocycles. The molecule has 1 fully saturated rings. The average molecular weight is 325 g/mol.